The van der Waals surface area contributed by atoms with Crippen LogP contribution in [0.25, 0.3) is 0 Å². The number of nitrogens with zero attached hydrogens (tertiary/aromatic N) is 2. The van der Waals surface area contributed by atoms with E-state index in [1.54, 1.807) is 41.5 Å². The largest absolute Gasteiger partial charge is 0.466 e. The zero-order chi connectivity index (χ0) is 31.7. The smallest absolute Gasteiger partial charge is 0.411 e. The van der Waals surface area contributed by atoms with Gasteiger partial charge in [0, 0.05) is 31.3 Å². The molecule has 0 aliphatic carbocycles. The first-order valence-electron chi connectivity index (χ1n) is 14.0. The number of piperidine rings is 1. The molecule has 0 saturated carbocycles. The minimum absolute atomic E-state index is 0.0511. The maximum Gasteiger partial charge on any atom is 0.411 e. The van der Waals surface area contributed by atoms with Crippen LogP contribution in [0.1, 0.15) is 66.9 Å². The van der Waals surface area contributed by atoms with Gasteiger partial charge in [-0.25, -0.2) is 9.59 Å². The molecule has 0 unspecified atom stereocenters. The summed E-state index contributed by atoms with van der Waals surface area (Å²) >= 11 is 0. The van der Waals surface area contributed by atoms with Gasteiger partial charge in [0.15, 0.2) is 0 Å². The van der Waals surface area contributed by atoms with Crippen LogP contribution in [0.15, 0.2) is 41.6 Å². The van der Waals surface area contributed by atoms with Crippen molar-refractivity contribution in [1.82, 2.24) is 15.1 Å². The lowest BCUT2D eigenvalue weighted by Gasteiger charge is -2.34. The number of amides is 3. The molecule has 2 heterocycles. The molecule has 1 aromatic rings. The molecule has 3 amide bonds. The Hall–Kier alpha value is -4.09. The Morgan fingerprint density at radius 1 is 1.10 bits per heavy atom. The fraction of sp³-hybridized carbons (Fsp3) is 0.567. The van der Waals surface area contributed by atoms with E-state index in [0.29, 0.717) is 37.3 Å². The molecule has 0 bridgehead atoms. The van der Waals surface area contributed by atoms with E-state index >= 15 is 0 Å². The molecule has 4 N–H and O–H groups in total. The number of carbonyl (C=O) groups excluding carboxylic acids is 4. The fourth-order valence-corrected chi connectivity index (χ4v) is 4.45. The highest BCUT2D eigenvalue weighted by molar-refractivity contribution is 6.08. The predicted octanol–water partition coefficient (Wildman–Crippen LogP) is 3.94. The molecule has 1 saturated heterocycles. The molecule has 0 spiro atoms. The van der Waals surface area contributed by atoms with Crippen molar-refractivity contribution < 1.29 is 33.4 Å². The summed E-state index contributed by atoms with van der Waals surface area (Å²) in [5.41, 5.74) is 6.34. The molecule has 1 aromatic carbocycles. The summed E-state index contributed by atoms with van der Waals surface area (Å²) in [4.78, 5) is 51.0. The van der Waals surface area contributed by atoms with Crippen molar-refractivity contribution in [2.45, 2.75) is 79.1 Å². The van der Waals surface area contributed by atoms with Crippen LogP contribution in [-0.2, 0) is 30.4 Å². The van der Waals surface area contributed by atoms with Crippen LogP contribution < -0.4 is 11.1 Å². The first-order valence-corrected chi connectivity index (χ1v) is 14.0. The van der Waals surface area contributed by atoms with Gasteiger partial charge in [-0.3, -0.25) is 19.9 Å². The van der Waals surface area contributed by atoms with Gasteiger partial charge in [-0.05, 0) is 59.9 Å². The summed E-state index contributed by atoms with van der Waals surface area (Å²) in [7, 11) is 0. The van der Waals surface area contributed by atoms with Gasteiger partial charge in [0.2, 0.25) is 5.91 Å². The van der Waals surface area contributed by atoms with Crippen molar-refractivity contribution in [3.8, 4) is 0 Å². The topological polar surface area (TPSA) is 164 Å². The van der Waals surface area contributed by atoms with Crippen molar-refractivity contribution in [3.63, 3.8) is 0 Å². The quantitative estimate of drug-likeness (QED) is 0.202. The molecule has 2 aliphatic heterocycles. The van der Waals surface area contributed by atoms with Crippen LogP contribution >= 0.6 is 0 Å². The van der Waals surface area contributed by atoms with Gasteiger partial charge >= 0.3 is 18.2 Å². The van der Waals surface area contributed by atoms with E-state index in [9.17, 15) is 19.2 Å². The van der Waals surface area contributed by atoms with Crippen molar-refractivity contribution in [2.24, 2.45) is 11.7 Å². The summed E-state index contributed by atoms with van der Waals surface area (Å²) < 4.78 is 15.3. The van der Waals surface area contributed by atoms with Crippen molar-refractivity contribution in [2.75, 3.05) is 26.2 Å². The molecule has 0 radical (unpaired) electrons. The van der Waals surface area contributed by atoms with Crippen LogP contribution in [0.2, 0.25) is 0 Å². The van der Waals surface area contributed by atoms with E-state index in [4.69, 9.17) is 20.6 Å². The van der Waals surface area contributed by atoms with E-state index in [1.807, 2.05) is 30.3 Å². The first kappa shape index (κ1) is 34.1. The second kappa shape index (κ2) is 14.7. The number of carbonyl (C=O) groups is 4. The number of benzene rings is 1. The predicted molar refractivity (Wildman–Crippen MR) is 157 cm³/mol. The molecule has 1 fully saturated rings. The number of amidine groups is 1. The zero-order valence-electron chi connectivity index (χ0n) is 25.7. The molecule has 42 heavy (non-hydrogen) atoms. The van der Waals surface area contributed by atoms with E-state index in [2.05, 4.69) is 10.1 Å². The average Bonchev–Trinajstić information content (AvgIpc) is 3.16. The number of hydrogen-bond donors (Lipinski definition) is 3. The highest BCUT2D eigenvalue weighted by Crippen LogP contribution is 2.33. The molecule has 12 nitrogen and oxygen atoms in total. The Morgan fingerprint density at radius 2 is 1.74 bits per heavy atom. The zero-order valence-corrected chi connectivity index (χ0v) is 25.7. The van der Waals surface area contributed by atoms with Crippen LogP contribution in [0.3, 0.4) is 0 Å². The third kappa shape index (κ3) is 9.78. The normalized spacial score (nSPS) is 17.9. The summed E-state index contributed by atoms with van der Waals surface area (Å²) in [6, 6.07) is 9.39. The van der Waals surface area contributed by atoms with Crippen molar-refractivity contribution in [3.05, 3.63) is 47.2 Å². The lowest BCUT2D eigenvalue weighted by Crippen LogP contribution is -2.48. The molecule has 12 heteroatoms. The second-order valence-electron chi connectivity index (χ2n) is 11.6. The second-order valence-corrected chi connectivity index (χ2v) is 11.6. The molecule has 2 aliphatic rings. The number of esters is 1. The maximum absolute atomic E-state index is 13.0. The molecular weight excluding hydrogens is 542 g/mol. The highest BCUT2D eigenvalue weighted by Gasteiger charge is 2.44. The van der Waals surface area contributed by atoms with Gasteiger partial charge in [0.1, 0.15) is 18.0 Å². The summed E-state index contributed by atoms with van der Waals surface area (Å²) in [6.45, 7) is 13.5. The average molecular weight is 588 g/mol. The molecule has 3 rings (SSSR count). The van der Waals surface area contributed by atoms with E-state index in [0.717, 1.165) is 5.56 Å². The van der Waals surface area contributed by atoms with Crippen LogP contribution in [0, 0.1) is 11.3 Å². The van der Waals surface area contributed by atoms with Gasteiger partial charge in [-0.1, -0.05) is 30.3 Å². The molecule has 1 atom stereocenters. The van der Waals surface area contributed by atoms with Gasteiger partial charge in [0.05, 0.1) is 24.6 Å². The van der Waals surface area contributed by atoms with Crippen molar-refractivity contribution >= 4 is 29.9 Å². The monoisotopic (exact) mass is 587 g/mol. The maximum atomic E-state index is 13.0. The Labute approximate surface area is 248 Å². The van der Waals surface area contributed by atoms with Crippen molar-refractivity contribution in [1.29, 1.82) is 5.41 Å². The van der Waals surface area contributed by atoms with Gasteiger partial charge in [-0.2, -0.15) is 0 Å². The third-order valence-electron chi connectivity index (χ3n) is 6.74. The summed E-state index contributed by atoms with van der Waals surface area (Å²) in [6.07, 6.45) is 0.229. The number of likely N-dealkylation sites (tertiary alicyclic amines) is 1. The summed E-state index contributed by atoms with van der Waals surface area (Å²) in [5.74, 6) is -1.21. The minimum Gasteiger partial charge on any atom is -0.466 e. The Bertz CT molecular complexity index is 1170. The number of hydrogen-bond acceptors (Lipinski definition) is 9. The Morgan fingerprint density at radius 3 is 2.29 bits per heavy atom. The number of nitrogens with two attached hydrogens (primary N) is 1. The lowest BCUT2D eigenvalue weighted by molar-refractivity contribution is -0.140. The standard InChI is InChI=1S/C26H37N5O5.C4H8O2/c1-25(2,3)36-24(34)31-15-19(20(27)26(31,4)5)21(28)29-22(32)18-12-9-13-30(14-18)23(33)35-16-17-10-7-6-8-11-17;1-3-6-4(2)5/h6-8,10-11,18H,9,12-16,27H2,1-5H3,(H2,28,29,32);3H2,1-2H3/t18-;/m1./s1. The van der Waals surface area contributed by atoms with Gasteiger partial charge in [-0.15, -0.1) is 0 Å². The van der Waals surface area contributed by atoms with E-state index in [1.165, 1.54) is 16.7 Å². The van der Waals surface area contributed by atoms with E-state index < -0.39 is 29.2 Å². The van der Waals surface area contributed by atoms with Crippen LogP contribution in [0.5, 0.6) is 0 Å². The third-order valence-corrected chi connectivity index (χ3v) is 6.74. The van der Waals surface area contributed by atoms with Gasteiger partial charge < -0.3 is 30.2 Å². The van der Waals surface area contributed by atoms with E-state index in [-0.39, 0.29) is 37.4 Å². The SMILES string of the molecule is CC(C)(C)OC(=O)N1CC(C(=N)NC(=O)[C@@H]2CCCN(C(=O)OCc3ccccc3)C2)=C(N)C1(C)C.CCOC(C)=O. The first-order chi connectivity index (χ1) is 19.6. The minimum atomic E-state index is -0.876. The lowest BCUT2D eigenvalue weighted by atomic mass is 9.97. The number of nitrogens with one attached hydrogen (secondary N) is 2. The fourth-order valence-electron chi connectivity index (χ4n) is 4.45. The highest BCUT2D eigenvalue weighted by atomic mass is 16.6. The Balaban J connectivity index is 0.000000928. The molecular formula is C30H45N5O7. The van der Waals surface area contributed by atoms with Crippen LogP contribution in [-0.4, -0.2) is 77.1 Å². The number of rotatable bonds is 5. The Kier molecular flexibility index (Phi) is 11.9. The molecule has 232 valence electrons. The number of ether oxygens (including phenoxy) is 3. The molecule has 0 aromatic heterocycles. The van der Waals surface area contributed by atoms with Crippen LogP contribution in [0.4, 0.5) is 9.59 Å². The summed E-state index contributed by atoms with van der Waals surface area (Å²) in [5, 5.41) is 11.1. The van der Waals surface area contributed by atoms with Gasteiger partial charge in [0.25, 0.3) is 0 Å².